The fraction of sp³-hybridized carbons (Fsp3) is 0.250. The second-order valence-electron chi connectivity index (χ2n) is 5.29. The van der Waals surface area contributed by atoms with Gasteiger partial charge in [-0.25, -0.2) is 0 Å². The van der Waals surface area contributed by atoms with Crippen LogP contribution in [0, 0.1) is 0 Å². The summed E-state index contributed by atoms with van der Waals surface area (Å²) in [6.45, 7) is 1.56. The lowest BCUT2D eigenvalue weighted by atomic mass is 9.87. The van der Waals surface area contributed by atoms with Crippen LogP contribution in [0.5, 0.6) is 11.5 Å². The zero-order chi connectivity index (χ0) is 15.0. The molecule has 0 amide bonds. The summed E-state index contributed by atoms with van der Waals surface area (Å²) >= 11 is 6.31. The molecule has 0 bridgehead atoms. The van der Waals surface area contributed by atoms with Crippen molar-refractivity contribution in [1.82, 2.24) is 5.32 Å². The Labute approximate surface area is 128 Å². The van der Waals surface area contributed by atoms with Crippen LogP contribution < -0.4 is 11.1 Å². The Balaban J connectivity index is 2.14. The summed E-state index contributed by atoms with van der Waals surface area (Å²) in [6.07, 6.45) is 0.771. The highest BCUT2D eigenvalue weighted by molar-refractivity contribution is 6.34. The third-order valence-corrected chi connectivity index (χ3v) is 4.42. The number of phenols is 2. The molecular formula is C16H17ClN2O2. The summed E-state index contributed by atoms with van der Waals surface area (Å²) in [7, 11) is 0. The minimum atomic E-state index is 0.0180. The minimum Gasteiger partial charge on any atom is -0.508 e. The lowest BCUT2D eigenvalue weighted by Crippen LogP contribution is -2.20. The topological polar surface area (TPSA) is 78.5 Å². The SMILES string of the molecule is Nc1c(O)cc2c(c1Cl)CCNCC2c1ccc(O)cc1. The highest BCUT2D eigenvalue weighted by atomic mass is 35.5. The second kappa shape index (κ2) is 5.47. The Kier molecular flexibility index (Phi) is 3.66. The summed E-state index contributed by atoms with van der Waals surface area (Å²) in [4.78, 5) is 0. The van der Waals surface area contributed by atoms with Crippen molar-refractivity contribution in [3.63, 3.8) is 0 Å². The van der Waals surface area contributed by atoms with Gasteiger partial charge in [0.05, 0.1) is 10.7 Å². The summed E-state index contributed by atoms with van der Waals surface area (Å²) in [5.74, 6) is 0.315. The number of aromatic hydroxyl groups is 2. The van der Waals surface area contributed by atoms with E-state index >= 15 is 0 Å². The predicted molar refractivity (Wildman–Crippen MR) is 84.1 cm³/mol. The maximum absolute atomic E-state index is 9.99. The van der Waals surface area contributed by atoms with E-state index in [1.807, 2.05) is 12.1 Å². The fourth-order valence-corrected chi connectivity index (χ4v) is 3.15. The first-order chi connectivity index (χ1) is 10.1. The maximum Gasteiger partial charge on any atom is 0.140 e. The minimum absolute atomic E-state index is 0.0180. The monoisotopic (exact) mass is 304 g/mol. The molecule has 1 aliphatic heterocycles. The van der Waals surface area contributed by atoms with Gasteiger partial charge < -0.3 is 21.3 Å². The number of phenolic OH excluding ortho intramolecular Hbond substituents is 2. The van der Waals surface area contributed by atoms with Crippen molar-refractivity contribution >= 4 is 17.3 Å². The number of benzene rings is 2. The first kappa shape index (κ1) is 14.0. The third kappa shape index (κ3) is 2.52. The summed E-state index contributed by atoms with van der Waals surface area (Å²) < 4.78 is 0. The number of hydrogen-bond acceptors (Lipinski definition) is 4. The van der Waals surface area contributed by atoms with Crippen LogP contribution in [0.4, 0.5) is 5.69 Å². The second-order valence-corrected chi connectivity index (χ2v) is 5.67. The van der Waals surface area contributed by atoms with Crippen molar-refractivity contribution in [1.29, 1.82) is 0 Å². The molecule has 0 radical (unpaired) electrons. The number of rotatable bonds is 1. The number of nitrogen functional groups attached to an aromatic ring is 1. The number of fused-ring (bicyclic) bond motifs is 1. The van der Waals surface area contributed by atoms with Crippen LogP contribution in [0.25, 0.3) is 0 Å². The van der Waals surface area contributed by atoms with E-state index in [4.69, 9.17) is 17.3 Å². The Hall–Kier alpha value is -1.91. The average Bonchev–Trinajstić information content (AvgIpc) is 2.68. The standard InChI is InChI=1S/C16H17ClN2O2/c17-15-11-5-6-19-8-13(9-1-3-10(20)4-2-9)12(11)7-14(21)16(15)18/h1-4,7,13,19-21H,5-6,8,18H2. The van der Waals surface area contributed by atoms with Crippen LogP contribution in [0.1, 0.15) is 22.6 Å². The van der Waals surface area contributed by atoms with E-state index in [1.165, 1.54) is 0 Å². The molecule has 0 aliphatic carbocycles. The van der Waals surface area contributed by atoms with Crippen LogP contribution in [0.3, 0.4) is 0 Å². The quantitative estimate of drug-likeness (QED) is 0.482. The van der Waals surface area contributed by atoms with E-state index < -0.39 is 0 Å². The van der Waals surface area contributed by atoms with E-state index in [0.29, 0.717) is 5.02 Å². The molecule has 110 valence electrons. The third-order valence-electron chi connectivity index (χ3n) is 3.99. The van der Waals surface area contributed by atoms with E-state index in [2.05, 4.69) is 5.32 Å². The Morgan fingerprint density at radius 3 is 2.62 bits per heavy atom. The van der Waals surface area contributed by atoms with Gasteiger partial charge >= 0.3 is 0 Å². The molecular weight excluding hydrogens is 288 g/mol. The van der Waals surface area contributed by atoms with E-state index in [9.17, 15) is 10.2 Å². The molecule has 0 spiro atoms. The summed E-state index contributed by atoms with van der Waals surface area (Å²) in [6, 6.07) is 8.81. The molecule has 0 aromatic heterocycles. The molecule has 2 aromatic rings. The number of anilines is 1. The number of hydrogen-bond donors (Lipinski definition) is 4. The van der Waals surface area contributed by atoms with Gasteiger partial charge in [-0.2, -0.15) is 0 Å². The highest BCUT2D eigenvalue weighted by Crippen LogP contribution is 2.40. The lowest BCUT2D eigenvalue weighted by molar-refractivity contribution is 0.474. The molecule has 1 unspecified atom stereocenters. The van der Waals surface area contributed by atoms with Crippen molar-refractivity contribution in [2.75, 3.05) is 18.8 Å². The lowest BCUT2D eigenvalue weighted by Gasteiger charge is -2.20. The number of nitrogens with two attached hydrogens (primary N) is 1. The zero-order valence-corrected chi connectivity index (χ0v) is 12.2. The van der Waals surface area contributed by atoms with Crippen molar-refractivity contribution < 1.29 is 10.2 Å². The molecule has 4 nitrogen and oxygen atoms in total. The van der Waals surface area contributed by atoms with Gasteiger partial charge in [-0.05, 0) is 47.9 Å². The van der Waals surface area contributed by atoms with Gasteiger partial charge in [-0.1, -0.05) is 23.7 Å². The molecule has 0 fully saturated rings. The maximum atomic E-state index is 9.99. The molecule has 1 aliphatic rings. The predicted octanol–water partition coefficient (Wildman–Crippen LogP) is 2.61. The summed E-state index contributed by atoms with van der Waals surface area (Å²) in [5.41, 5.74) is 9.09. The van der Waals surface area contributed by atoms with Crippen LogP contribution in [-0.2, 0) is 6.42 Å². The average molecular weight is 305 g/mol. The molecule has 2 aromatic carbocycles. The Bertz CT molecular complexity index is 671. The Morgan fingerprint density at radius 2 is 1.90 bits per heavy atom. The number of halogens is 1. The van der Waals surface area contributed by atoms with Gasteiger partial charge in [0.15, 0.2) is 0 Å². The van der Waals surface area contributed by atoms with E-state index in [-0.39, 0.29) is 23.1 Å². The Morgan fingerprint density at radius 1 is 1.19 bits per heavy atom. The van der Waals surface area contributed by atoms with Crippen LogP contribution in [0.2, 0.25) is 5.02 Å². The number of nitrogens with one attached hydrogen (secondary N) is 1. The van der Waals surface area contributed by atoms with Gasteiger partial charge in [-0.15, -0.1) is 0 Å². The molecule has 3 rings (SSSR count). The van der Waals surface area contributed by atoms with Crippen molar-refractivity contribution in [2.24, 2.45) is 0 Å². The molecule has 0 saturated carbocycles. The first-order valence-electron chi connectivity index (χ1n) is 6.87. The van der Waals surface area contributed by atoms with Crippen LogP contribution in [0.15, 0.2) is 30.3 Å². The largest absolute Gasteiger partial charge is 0.508 e. The van der Waals surface area contributed by atoms with Crippen LogP contribution >= 0.6 is 11.6 Å². The zero-order valence-electron chi connectivity index (χ0n) is 11.4. The van der Waals surface area contributed by atoms with Crippen molar-refractivity contribution in [3.8, 4) is 11.5 Å². The van der Waals surface area contributed by atoms with Gasteiger partial charge in [0, 0.05) is 12.5 Å². The molecule has 5 heteroatoms. The van der Waals surface area contributed by atoms with Gasteiger partial charge in [-0.3, -0.25) is 0 Å². The van der Waals surface area contributed by atoms with Gasteiger partial charge in [0.1, 0.15) is 11.5 Å². The normalized spacial score (nSPS) is 18.0. The van der Waals surface area contributed by atoms with E-state index in [1.54, 1.807) is 18.2 Å². The molecule has 5 N–H and O–H groups in total. The van der Waals surface area contributed by atoms with E-state index in [0.717, 1.165) is 36.2 Å². The molecule has 21 heavy (non-hydrogen) atoms. The first-order valence-corrected chi connectivity index (χ1v) is 7.25. The van der Waals surface area contributed by atoms with Crippen molar-refractivity contribution in [2.45, 2.75) is 12.3 Å². The summed E-state index contributed by atoms with van der Waals surface area (Å²) in [5, 5.41) is 23.2. The molecule has 1 atom stereocenters. The van der Waals surface area contributed by atoms with Gasteiger partial charge in [0.2, 0.25) is 0 Å². The fourth-order valence-electron chi connectivity index (χ4n) is 2.85. The highest BCUT2D eigenvalue weighted by Gasteiger charge is 2.24. The van der Waals surface area contributed by atoms with Crippen LogP contribution in [-0.4, -0.2) is 23.3 Å². The molecule has 0 saturated heterocycles. The van der Waals surface area contributed by atoms with Gasteiger partial charge in [0.25, 0.3) is 0 Å². The molecule has 1 heterocycles. The van der Waals surface area contributed by atoms with Crippen molar-refractivity contribution in [3.05, 3.63) is 52.0 Å². The smallest absolute Gasteiger partial charge is 0.140 e.